The van der Waals surface area contributed by atoms with Crippen LogP contribution in [0.15, 0.2) is 0 Å². The van der Waals surface area contributed by atoms with Crippen LogP contribution >= 0.6 is 0 Å². The Balaban J connectivity index is 0. The minimum absolute atomic E-state index is 0.0970. The largest absolute Gasteiger partial charge is 0.390 e. The van der Waals surface area contributed by atoms with Gasteiger partial charge in [0.05, 0.1) is 25.4 Å². The van der Waals surface area contributed by atoms with Crippen LogP contribution in [0.3, 0.4) is 0 Å². The topological polar surface area (TPSA) is 90.8 Å². The molecule has 6 nitrogen and oxygen atoms in total. The highest BCUT2D eigenvalue weighted by Crippen LogP contribution is 2.01. The summed E-state index contributed by atoms with van der Waals surface area (Å²) >= 11 is 0. The van der Waals surface area contributed by atoms with E-state index in [2.05, 4.69) is 10.6 Å². The maximum atomic E-state index is 11.3. The zero-order chi connectivity index (χ0) is 15.8. The molecule has 0 radical (unpaired) electrons. The van der Waals surface area contributed by atoms with Crippen molar-refractivity contribution in [3.63, 3.8) is 0 Å². The molecule has 0 aromatic rings. The summed E-state index contributed by atoms with van der Waals surface area (Å²) in [6, 6.07) is 0. The maximum Gasteiger partial charge on any atom is 0.234 e. The van der Waals surface area contributed by atoms with E-state index < -0.39 is 12.2 Å². The van der Waals surface area contributed by atoms with Gasteiger partial charge in [0.2, 0.25) is 5.91 Å². The highest BCUT2D eigenvalue weighted by Gasteiger charge is 2.13. The lowest BCUT2D eigenvalue weighted by molar-refractivity contribution is -0.120. The van der Waals surface area contributed by atoms with Gasteiger partial charge >= 0.3 is 0 Å². The number of hydrogen-bond donors (Lipinski definition) is 4. The van der Waals surface area contributed by atoms with Crippen LogP contribution < -0.4 is 10.6 Å². The fourth-order valence-corrected chi connectivity index (χ4v) is 1.39. The molecule has 1 amide bonds. The van der Waals surface area contributed by atoms with Crippen LogP contribution in [-0.2, 0) is 9.53 Å². The van der Waals surface area contributed by atoms with E-state index in [4.69, 9.17) is 4.74 Å². The molecular formula is C14H32N2O4. The summed E-state index contributed by atoms with van der Waals surface area (Å²) in [4.78, 5) is 11.3. The number of ether oxygens (including phenoxy) is 1. The van der Waals surface area contributed by atoms with E-state index in [1.807, 2.05) is 27.7 Å². The summed E-state index contributed by atoms with van der Waals surface area (Å²) in [6.07, 6.45) is -0.462. The summed E-state index contributed by atoms with van der Waals surface area (Å²) in [5, 5.41) is 24.4. The monoisotopic (exact) mass is 292 g/mol. The first-order valence-corrected chi connectivity index (χ1v) is 7.53. The van der Waals surface area contributed by atoms with Crippen molar-refractivity contribution in [2.45, 2.75) is 52.7 Å². The highest BCUT2D eigenvalue weighted by molar-refractivity contribution is 5.77. The lowest BCUT2D eigenvalue weighted by Crippen LogP contribution is -2.37. The molecule has 2 unspecified atom stereocenters. The van der Waals surface area contributed by atoms with Crippen LogP contribution in [0.4, 0.5) is 0 Å². The fraction of sp³-hybridized carbons (Fsp3) is 0.929. The van der Waals surface area contributed by atoms with E-state index in [-0.39, 0.29) is 12.5 Å². The molecule has 0 bridgehead atoms. The molecule has 122 valence electrons. The van der Waals surface area contributed by atoms with E-state index >= 15 is 0 Å². The molecule has 6 heteroatoms. The Labute approximate surface area is 122 Å². The van der Waals surface area contributed by atoms with Gasteiger partial charge in [-0.25, -0.2) is 0 Å². The van der Waals surface area contributed by atoms with Crippen LogP contribution in [0.1, 0.15) is 40.5 Å². The first-order chi connectivity index (χ1) is 9.61. The summed E-state index contributed by atoms with van der Waals surface area (Å²) in [5.41, 5.74) is 0. The van der Waals surface area contributed by atoms with Crippen molar-refractivity contribution in [2.24, 2.45) is 0 Å². The van der Waals surface area contributed by atoms with Crippen molar-refractivity contribution in [1.82, 2.24) is 10.6 Å². The predicted octanol–water partition coefficient (Wildman–Crippen LogP) is 0.277. The third-order valence-corrected chi connectivity index (χ3v) is 2.54. The zero-order valence-electron chi connectivity index (χ0n) is 13.3. The van der Waals surface area contributed by atoms with Gasteiger partial charge in [-0.3, -0.25) is 4.79 Å². The average molecular weight is 292 g/mol. The molecule has 0 saturated heterocycles. The molecule has 0 spiro atoms. The van der Waals surface area contributed by atoms with Gasteiger partial charge in [-0.1, -0.05) is 20.8 Å². The first kappa shape index (κ1) is 21.6. The van der Waals surface area contributed by atoms with Gasteiger partial charge in [0.15, 0.2) is 0 Å². The third kappa shape index (κ3) is 13.7. The van der Waals surface area contributed by atoms with Crippen LogP contribution in [0.25, 0.3) is 0 Å². The molecule has 2 atom stereocenters. The Morgan fingerprint density at radius 2 is 1.80 bits per heavy atom. The van der Waals surface area contributed by atoms with Crippen LogP contribution in [0.5, 0.6) is 0 Å². The van der Waals surface area contributed by atoms with Crippen LogP contribution in [-0.4, -0.2) is 61.2 Å². The quantitative estimate of drug-likeness (QED) is 0.411. The number of nitrogens with one attached hydrogen (secondary N) is 2. The van der Waals surface area contributed by atoms with Gasteiger partial charge in [-0.05, 0) is 26.3 Å². The minimum atomic E-state index is -0.733. The third-order valence-electron chi connectivity index (χ3n) is 2.54. The van der Waals surface area contributed by atoms with E-state index in [9.17, 15) is 15.0 Å². The molecule has 0 aliphatic heterocycles. The second-order valence-electron chi connectivity index (χ2n) is 4.06. The molecule has 0 aromatic carbocycles. The minimum Gasteiger partial charge on any atom is -0.390 e. The van der Waals surface area contributed by atoms with Crippen molar-refractivity contribution in [1.29, 1.82) is 0 Å². The molecule has 4 N–H and O–H groups in total. The summed E-state index contributed by atoms with van der Waals surface area (Å²) in [6.45, 7) is 10.1. The highest BCUT2D eigenvalue weighted by atomic mass is 16.5. The number of amides is 1. The molecule has 0 fully saturated rings. The second-order valence-corrected chi connectivity index (χ2v) is 4.06. The Bertz CT molecular complexity index is 215. The molecule has 0 saturated carbocycles. The van der Waals surface area contributed by atoms with Crippen molar-refractivity contribution in [3.05, 3.63) is 0 Å². The van der Waals surface area contributed by atoms with Gasteiger partial charge in [-0.2, -0.15) is 0 Å². The van der Waals surface area contributed by atoms with Crippen LogP contribution in [0, 0.1) is 0 Å². The first-order valence-electron chi connectivity index (χ1n) is 7.53. The van der Waals surface area contributed by atoms with Gasteiger partial charge in [-0.15, -0.1) is 0 Å². The van der Waals surface area contributed by atoms with Gasteiger partial charge in [0.1, 0.15) is 0 Å². The Hall–Kier alpha value is -0.690. The number of rotatable bonds is 11. The molecule has 0 heterocycles. The number of aliphatic hydroxyl groups excluding tert-OH is 2. The van der Waals surface area contributed by atoms with Gasteiger partial charge in [0, 0.05) is 13.2 Å². The molecule has 0 aromatic heterocycles. The SMILES string of the molecule is CC.CCOCCNC(=O)CNCCC(O)C(O)CC. The normalized spacial score (nSPS) is 13.1. The van der Waals surface area contributed by atoms with E-state index in [0.717, 1.165) is 0 Å². The van der Waals surface area contributed by atoms with Crippen molar-refractivity contribution in [2.75, 3.05) is 32.8 Å². The lowest BCUT2D eigenvalue weighted by atomic mass is 10.1. The zero-order valence-corrected chi connectivity index (χ0v) is 13.3. The second kappa shape index (κ2) is 16.4. The number of carbonyl (C=O) groups excluding carboxylic acids is 1. The Kier molecular flexibility index (Phi) is 17.7. The van der Waals surface area contributed by atoms with Gasteiger partial charge in [0.25, 0.3) is 0 Å². The Morgan fingerprint density at radius 1 is 1.15 bits per heavy atom. The molecular weight excluding hydrogens is 260 g/mol. The van der Waals surface area contributed by atoms with E-state index in [1.54, 1.807) is 0 Å². The molecule has 0 aliphatic carbocycles. The number of carbonyl (C=O) groups is 1. The average Bonchev–Trinajstić information content (AvgIpc) is 2.49. The van der Waals surface area contributed by atoms with E-state index in [0.29, 0.717) is 39.1 Å². The van der Waals surface area contributed by atoms with Crippen molar-refractivity contribution in [3.8, 4) is 0 Å². The van der Waals surface area contributed by atoms with E-state index in [1.165, 1.54) is 0 Å². The maximum absolute atomic E-state index is 11.3. The van der Waals surface area contributed by atoms with Crippen molar-refractivity contribution < 1.29 is 19.7 Å². The lowest BCUT2D eigenvalue weighted by Gasteiger charge is -2.16. The smallest absolute Gasteiger partial charge is 0.234 e. The molecule has 0 aliphatic rings. The molecule has 0 rings (SSSR count). The molecule has 20 heavy (non-hydrogen) atoms. The summed E-state index contributed by atoms with van der Waals surface area (Å²) < 4.78 is 5.08. The van der Waals surface area contributed by atoms with Gasteiger partial charge < -0.3 is 25.6 Å². The number of aliphatic hydroxyl groups is 2. The fourth-order valence-electron chi connectivity index (χ4n) is 1.39. The van der Waals surface area contributed by atoms with Crippen molar-refractivity contribution >= 4 is 5.91 Å². The predicted molar refractivity (Wildman–Crippen MR) is 80.6 cm³/mol. The van der Waals surface area contributed by atoms with Crippen LogP contribution in [0.2, 0.25) is 0 Å². The Morgan fingerprint density at radius 3 is 2.35 bits per heavy atom. The standard InChI is InChI=1S/C12H26N2O4.C2H6/c1-3-10(15)11(16)5-6-13-9-12(17)14-7-8-18-4-2;1-2/h10-11,13,15-16H,3-9H2,1-2H3,(H,14,17);1-2H3. The summed E-state index contributed by atoms with van der Waals surface area (Å²) in [7, 11) is 0. The summed E-state index contributed by atoms with van der Waals surface area (Å²) in [5.74, 6) is -0.0970. The number of hydrogen-bond acceptors (Lipinski definition) is 5.